The van der Waals surface area contributed by atoms with Gasteiger partial charge in [0.1, 0.15) is 0 Å². The van der Waals surface area contributed by atoms with Crippen LogP contribution in [-0.2, 0) is 16.6 Å². The molecule has 1 saturated carbocycles. The van der Waals surface area contributed by atoms with Crippen LogP contribution in [0.4, 0.5) is 0 Å². The zero-order valence-electron chi connectivity index (χ0n) is 11.8. The summed E-state index contributed by atoms with van der Waals surface area (Å²) in [5.41, 5.74) is 6.46. The predicted molar refractivity (Wildman–Crippen MR) is 79.3 cm³/mol. The fraction of sp³-hybridized carbons (Fsp3) is 0.786. The van der Waals surface area contributed by atoms with Crippen LogP contribution in [0.3, 0.4) is 0 Å². The first-order valence-electron chi connectivity index (χ1n) is 7.32. The highest BCUT2D eigenvalue weighted by atomic mass is 32.2. The van der Waals surface area contributed by atoms with Crippen molar-refractivity contribution in [2.45, 2.75) is 62.5 Å². The minimum atomic E-state index is -0.863. The molecule has 0 aromatic carbocycles. The second kappa shape index (κ2) is 7.20. The van der Waals surface area contributed by atoms with Gasteiger partial charge in [-0.15, -0.1) is 0 Å². The summed E-state index contributed by atoms with van der Waals surface area (Å²) in [4.78, 5) is 0. The lowest BCUT2D eigenvalue weighted by molar-refractivity contribution is 0.328. The number of rotatable bonds is 6. The van der Waals surface area contributed by atoms with E-state index in [4.69, 9.17) is 5.73 Å². The van der Waals surface area contributed by atoms with Crippen molar-refractivity contribution in [2.75, 3.05) is 6.54 Å². The van der Waals surface area contributed by atoms with E-state index in [0.29, 0.717) is 18.3 Å². The fourth-order valence-corrected chi connectivity index (χ4v) is 3.79. The van der Waals surface area contributed by atoms with Crippen molar-refractivity contribution >= 4 is 10.8 Å². The van der Waals surface area contributed by atoms with E-state index in [-0.39, 0.29) is 5.25 Å². The van der Waals surface area contributed by atoms with Crippen LogP contribution >= 0.6 is 0 Å². The molecule has 108 valence electrons. The van der Waals surface area contributed by atoms with Gasteiger partial charge in [-0.25, -0.2) is 0 Å². The molecule has 1 heterocycles. The van der Waals surface area contributed by atoms with E-state index in [1.807, 2.05) is 13.0 Å². The molecule has 0 radical (unpaired) electrons. The molecule has 2 N–H and O–H groups in total. The lowest BCUT2D eigenvalue weighted by Gasteiger charge is -2.21. The van der Waals surface area contributed by atoms with Crippen molar-refractivity contribution in [1.82, 2.24) is 9.78 Å². The molecule has 0 saturated heterocycles. The fourth-order valence-electron chi connectivity index (χ4n) is 2.66. The molecule has 19 heavy (non-hydrogen) atoms. The van der Waals surface area contributed by atoms with Gasteiger partial charge >= 0.3 is 0 Å². The van der Waals surface area contributed by atoms with Gasteiger partial charge in [0.05, 0.1) is 17.5 Å². The minimum absolute atomic E-state index is 0.157. The molecule has 0 spiro atoms. The van der Waals surface area contributed by atoms with E-state index in [2.05, 4.69) is 16.0 Å². The molecule has 4 nitrogen and oxygen atoms in total. The molecule has 1 fully saturated rings. The minimum Gasteiger partial charge on any atom is -0.330 e. The Kier molecular flexibility index (Phi) is 5.58. The molecule has 0 amide bonds. The monoisotopic (exact) mass is 283 g/mol. The standard InChI is InChI=1S/C14H25N3OS/c1-12(7-9-15)19(18)11-13-8-10-17(16-13)14-5-3-2-4-6-14/h8,10,12,14H,2-7,9,11,15H2,1H3. The Morgan fingerprint density at radius 3 is 2.89 bits per heavy atom. The van der Waals surface area contributed by atoms with Gasteiger partial charge in [0, 0.05) is 22.2 Å². The highest BCUT2D eigenvalue weighted by molar-refractivity contribution is 7.84. The van der Waals surface area contributed by atoms with Crippen molar-refractivity contribution < 1.29 is 4.21 Å². The number of aromatic nitrogens is 2. The molecular formula is C14H25N3OS. The van der Waals surface area contributed by atoms with Gasteiger partial charge in [-0.1, -0.05) is 26.2 Å². The first kappa shape index (κ1) is 14.7. The first-order valence-corrected chi connectivity index (χ1v) is 8.70. The van der Waals surface area contributed by atoms with E-state index in [9.17, 15) is 4.21 Å². The van der Waals surface area contributed by atoms with Gasteiger partial charge in [-0.05, 0) is 31.9 Å². The maximum absolute atomic E-state index is 12.1. The molecule has 2 rings (SSSR count). The third-order valence-electron chi connectivity index (χ3n) is 3.92. The van der Waals surface area contributed by atoms with Crippen molar-refractivity contribution in [3.8, 4) is 0 Å². The molecule has 0 aliphatic heterocycles. The Morgan fingerprint density at radius 1 is 1.47 bits per heavy atom. The summed E-state index contributed by atoms with van der Waals surface area (Å²) >= 11 is 0. The molecular weight excluding hydrogens is 258 g/mol. The quantitative estimate of drug-likeness (QED) is 0.872. The highest BCUT2D eigenvalue weighted by Gasteiger charge is 2.17. The average Bonchev–Trinajstić information content (AvgIpc) is 2.88. The van der Waals surface area contributed by atoms with E-state index >= 15 is 0 Å². The van der Waals surface area contributed by atoms with E-state index in [1.54, 1.807) is 0 Å². The summed E-state index contributed by atoms with van der Waals surface area (Å²) in [6, 6.07) is 2.57. The summed E-state index contributed by atoms with van der Waals surface area (Å²) in [7, 11) is -0.863. The van der Waals surface area contributed by atoms with Crippen LogP contribution in [-0.4, -0.2) is 25.8 Å². The lowest BCUT2D eigenvalue weighted by Crippen LogP contribution is -2.18. The van der Waals surface area contributed by atoms with Gasteiger partial charge in [-0.2, -0.15) is 5.10 Å². The molecule has 0 bridgehead atoms. The third-order valence-corrected chi connectivity index (χ3v) is 5.64. The Labute approximate surface area is 118 Å². The van der Waals surface area contributed by atoms with Crippen molar-refractivity contribution in [1.29, 1.82) is 0 Å². The lowest BCUT2D eigenvalue weighted by atomic mass is 9.96. The van der Waals surface area contributed by atoms with Gasteiger partial charge in [-0.3, -0.25) is 8.89 Å². The molecule has 1 aromatic rings. The Bertz CT molecular complexity index is 413. The molecule has 2 unspecified atom stereocenters. The maximum atomic E-state index is 12.1. The zero-order chi connectivity index (χ0) is 13.7. The van der Waals surface area contributed by atoms with E-state index in [0.717, 1.165) is 12.1 Å². The normalized spacial score (nSPS) is 20.3. The topological polar surface area (TPSA) is 60.9 Å². The van der Waals surface area contributed by atoms with Crippen molar-refractivity contribution in [3.05, 3.63) is 18.0 Å². The predicted octanol–water partition coefficient (Wildman–Crippen LogP) is 2.37. The summed E-state index contributed by atoms with van der Waals surface area (Å²) in [6.45, 7) is 2.60. The van der Waals surface area contributed by atoms with Gasteiger partial charge in [0.15, 0.2) is 0 Å². The first-order chi connectivity index (χ1) is 9.20. The SMILES string of the molecule is CC(CCN)S(=O)Cc1ccn(C2CCCCC2)n1. The Hall–Kier alpha value is -0.680. The number of hydrogen-bond donors (Lipinski definition) is 1. The zero-order valence-corrected chi connectivity index (χ0v) is 12.6. The van der Waals surface area contributed by atoms with Crippen LogP contribution in [0, 0.1) is 0 Å². The smallest absolute Gasteiger partial charge is 0.0749 e. The number of nitrogens with two attached hydrogens (primary N) is 1. The molecule has 1 aliphatic rings. The molecule has 1 aromatic heterocycles. The number of nitrogens with zero attached hydrogens (tertiary/aromatic N) is 2. The largest absolute Gasteiger partial charge is 0.330 e. The van der Waals surface area contributed by atoms with Crippen LogP contribution in [0.25, 0.3) is 0 Å². The van der Waals surface area contributed by atoms with Gasteiger partial charge in [0.2, 0.25) is 0 Å². The summed E-state index contributed by atoms with van der Waals surface area (Å²) in [5, 5.41) is 4.77. The maximum Gasteiger partial charge on any atom is 0.0749 e. The van der Waals surface area contributed by atoms with Crippen molar-refractivity contribution in [3.63, 3.8) is 0 Å². The van der Waals surface area contributed by atoms with Gasteiger partial charge in [0.25, 0.3) is 0 Å². The van der Waals surface area contributed by atoms with Crippen LogP contribution in [0.2, 0.25) is 0 Å². The molecule has 1 aliphatic carbocycles. The summed E-state index contributed by atoms with van der Waals surface area (Å²) in [6.07, 6.45) is 9.29. The molecule has 5 heteroatoms. The Morgan fingerprint density at radius 2 is 2.21 bits per heavy atom. The summed E-state index contributed by atoms with van der Waals surface area (Å²) < 4.78 is 14.2. The molecule has 2 atom stereocenters. The third kappa shape index (κ3) is 4.14. The second-order valence-electron chi connectivity index (χ2n) is 5.49. The van der Waals surface area contributed by atoms with Crippen LogP contribution < -0.4 is 5.73 Å². The average molecular weight is 283 g/mol. The number of hydrogen-bond acceptors (Lipinski definition) is 3. The van der Waals surface area contributed by atoms with E-state index in [1.165, 1.54) is 32.1 Å². The van der Waals surface area contributed by atoms with Gasteiger partial charge < -0.3 is 5.73 Å². The second-order valence-corrected chi connectivity index (χ2v) is 7.35. The van der Waals surface area contributed by atoms with Crippen molar-refractivity contribution in [2.24, 2.45) is 5.73 Å². The highest BCUT2D eigenvalue weighted by Crippen LogP contribution is 2.27. The van der Waals surface area contributed by atoms with Crippen LogP contribution in [0.5, 0.6) is 0 Å². The van der Waals surface area contributed by atoms with Crippen LogP contribution in [0.15, 0.2) is 12.3 Å². The van der Waals surface area contributed by atoms with E-state index < -0.39 is 10.8 Å². The van der Waals surface area contributed by atoms with Crippen LogP contribution in [0.1, 0.15) is 57.2 Å². The summed E-state index contributed by atoms with van der Waals surface area (Å²) in [5.74, 6) is 0.556. The Balaban J connectivity index is 1.91.